The van der Waals surface area contributed by atoms with Crippen LogP contribution in [0.15, 0.2) is 66.9 Å². The zero-order valence-corrected chi connectivity index (χ0v) is 28.4. The van der Waals surface area contributed by atoms with Gasteiger partial charge in [0.15, 0.2) is 0 Å². The summed E-state index contributed by atoms with van der Waals surface area (Å²) in [6.45, 7) is 7.90. The summed E-state index contributed by atoms with van der Waals surface area (Å²) in [6, 6.07) is 15.3. The average molecular weight is 665 g/mol. The Balaban J connectivity index is 1.59. The van der Waals surface area contributed by atoms with Crippen molar-refractivity contribution < 1.29 is 33.7 Å². The Labute approximate surface area is 282 Å². The molecule has 0 bridgehead atoms. The van der Waals surface area contributed by atoms with E-state index in [1.54, 1.807) is 37.6 Å². The van der Waals surface area contributed by atoms with E-state index in [0.717, 1.165) is 16.7 Å². The molecule has 2 amide bonds. The number of benzene rings is 2. The van der Waals surface area contributed by atoms with E-state index in [1.165, 1.54) is 6.07 Å². The van der Waals surface area contributed by atoms with Gasteiger partial charge in [0, 0.05) is 29.7 Å². The molecule has 0 unspecified atom stereocenters. The molecule has 260 valence electrons. The van der Waals surface area contributed by atoms with E-state index in [9.17, 15) is 24.2 Å². The predicted molar refractivity (Wildman–Crippen MR) is 181 cm³/mol. The van der Waals surface area contributed by atoms with Crippen LogP contribution in [0.4, 0.5) is 4.39 Å². The van der Waals surface area contributed by atoms with Crippen molar-refractivity contribution in [2.75, 3.05) is 20.3 Å². The summed E-state index contributed by atoms with van der Waals surface area (Å²) in [6.07, 6.45) is -0.218. The first kappa shape index (κ1) is 36.9. The topological polar surface area (TPSA) is 156 Å². The standard InChI is InChI=1S/C37H49FN4O6/c1-22-20-48-21-31(44)33(22)42-35(45)27(17-25-8-6-7-9-28(25)38)18-30(43)29(41-36(46)34(39)37(2,3)4)16-23-10-12-24(13-11-23)26-14-15-32(47-5)40-19-26/h6-15,19,22,27,29-31,33-34,43-44H,16-18,20-21,39H2,1-5H3,(H,41,46)(H,42,45)/t22-,27-,29+,30+,31-,33+,34-/m1/s1. The number of aromatic nitrogens is 1. The second kappa shape index (κ2) is 16.5. The molecule has 1 aromatic heterocycles. The van der Waals surface area contributed by atoms with Gasteiger partial charge in [0.2, 0.25) is 17.7 Å². The van der Waals surface area contributed by atoms with Crippen LogP contribution < -0.4 is 21.1 Å². The average Bonchev–Trinajstić information content (AvgIpc) is 3.06. The van der Waals surface area contributed by atoms with E-state index in [4.69, 9.17) is 15.2 Å². The minimum Gasteiger partial charge on any atom is -0.481 e. The Morgan fingerprint density at radius 1 is 1.04 bits per heavy atom. The molecule has 7 atom stereocenters. The van der Waals surface area contributed by atoms with Crippen molar-refractivity contribution in [1.82, 2.24) is 15.6 Å². The molecule has 10 nitrogen and oxygen atoms in total. The number of aliphatic hydroxyl groups excluding tert-OH is 2. The largest absolute Gasteiger partial charge is 0.481 e. The number of aliphatic hydroxyl groups is 2. The molecule has 48 heavy (non-hydrogen) atoms. The number of ether oxygens (including phenoxy) is 2. The minimum absolute atomic E-state index is 0.00995. The van der Waals surface area contributed by atoms with E-state index >= 15 is 0 Å². The first-order valence-corrected chi connectivity index (χ1v) is 16.4. The highest BCUT2D eigenvalue weighted by Crippen LogP contribution is 2.25. The molecule has 1 saturated heterocycles. The number of nitrogens with one attached hydrogen (secondary N) is 2. The molecule has 2 aromatic carbocycles. The summed E-state index contributed by atoms with van der Waals surface area (Å²) in [5, 5.41) is 28.2. The number of nitrogens with two attached hydrogens (primary N) is 1. The van der Waals surface area contributed by atoms with Crippen molar-refractivity contribution in [1.29, 1.82) is 0 Å². The van der Waals surface area contributed by atoms with Crippen molar-refractivity contribution >= 4 is 11.8 Å². The lowest BCUT2D eigenvalue weighted by atomic mass is 9.85. The monoisotopic (exact) mass is 664 g/mol. The lowest BCUT2D eigenvalue weighted by molar-refractivity contribution is -0.131. The number of pyridine rings is 1. The third kappa shape index (κ3) is 9.82. The molecule has 1 fully saturated rings. The van der Waals surface area contributed by atoms with E-state index < -0.39 is 59.3 Å². The van der Waals surface area contributed by atoms with Gasteiger partial charge in [-0.25, -0.2) is 9.37 Å². The fourth-order valence-electron chi connectivity index (χ4n) is 5.86. The van der Waals surface area contributed by atoms with Gasteiger partial charge < -0.3 is 36.1 Å². The third-order valence-electron chi connectivity index (χ3n) is 9.02. The van der Waals surface area contributed by atoms with Crippen LogP contribution in [0.3, 0.4) is 0 Å². The molecule has 2 heterocycles. The molecule has 0 radical (unpaired) electrons. The molecule has 0 aliphatic carbocycles. The van der Waals surface area contributed by atoms with Crippen LogP contribution >= 0.6 is 0 Å². The van der Waals surface area contributed by atoms with Crippen molar-refractivity contribution in [3.8, 4) is 17.0 Å². The number of carbonyl (C=O) groups is 2. The number of nitrogens with zero attached hydrogens (tertiary/aromatic N) is 1. The van der Waals surface area contributed by atoms with Crippen LogP contribution in [0.1, 0.15) is 45.2 Å². The zero-order chi connectivity index (χ0) is 35.0. The number of hydrogen-bond donors (Lipinski definition) is 5. The fourth-order valence-corrected chi connectivity index (χ4v) is 5.86. The summed E-state index contributed by atoms with van der Waals surface area (Å²) in [7, 11) is 1.56. The number of carbonyl (C=O) groups excluding carboxylic acids is 2. The van der Waals surface area contributed by atoms with Crippen LogP contribution in [0.25, 0.3) is 11.1 Å². The van der Waals surface area contributed by atoms with Crippen LogP contribution in [-0.4, -0.2) is 77.7 Å². The van der Waals surface area contributed by atoms with Crippen LogP contribution in [-0.2, 0) is 27.2 Å². The van der Waals surface area contributed by atoms with Gasteiger partial charge in [-0.3, -0.25) is 9.59 Å². The molecule has 11 heteroatoms. The van der Waals surface area contributed by atoms with Crippen molar-refractivity contribution in [3.05, 3.63) is 83.8 Å². The smallest absolute Gasteiger partial charge is 0.237 e. The van der Waals surface area contributed by atoms with Gasteiger partial charge in [0.1, 0.15) is 5.82 Å². The van der Waals surface area contributed by atoms with E-state index in [2.05, 4.69) is 15.6 Å². The lowest BCUT2D eigenvalue weighted by Gasteiger charge is -2.35. The Kier molecular flexibility index (Phi) is 12.7. The van der Waals surface area contributed by atoms with Crippen molar-refractivity contribution in [2.45, 2.75) is 77.3 Å². The first-order chi connectivity index (χ1) is 22.8. The second-order valence-electron chi connectivity index (χ2n) is 13.9. The van der Waals surface area contributed by atoms with Gasteiger partial charge in [-0.1, -0.05) is 70.2 Å². The maximum atomic E-state index is 14.8. The summed E-state index contributed by atoms with van der Waals surface area (Å²) < 4.78 is 25.4. The summed E-state index contributed by atoms with van der Waals surface area (Å²) in [5.74, 6) is -1.83. The summed E-state index contributed by atoms with van der Waals surface area (Å²) in [5.41, 5.74) is 8.74. The summed E-state index contributed by atoms with van der Waals surface area (Å²) >= 11 is 0. The maximum Gasteiger partial charge on any atom is 0.237 e. The van der Waals surface area contributed by atoms with E-state index in [0.29, 0.717) is 18.1 Å². The molecule has 3 aromatic rings. The Hall–Kier alpha value is -3.90. The number of halogens is 1. The Morgan fingerprint density at radius 3 is 2.33 bits per heavy atom. The fraction of sp³-hybridized carbons (Fsp3) is 0.486. The third-order valence-corrected chi connectivity index (χ3v) is 9.02. The molecule has 4 rings (SSSR count). The Morgan fingerprint density at radius 2 is 1.73 bits per heavy atom. The molecule has 0 spiro atoms. The number of methoxy groups -OCH3 is 1. The quantitative estimate of drug-likeness (QED) is 0.186. The SMILES string of the molecule is COc1ccc(-c2ccc(C[C@H](NC(=O)[C@@H](N)C(C)(C)C)[C@@H](O)C[C@@H](Cc3ccccc3F)C(=O)N[C@H]3[C@H](C)COC[C@H]3O)cc2)cn1. The highest BCUT2D eigenvalue weighted by Gasteiger charge is 2.36. The number of hydrogen-bond acceptors (Lipinski definition) is 8. The van der Waals surface area contributed by atoms with Crippen molar-refractivity contribution in [2.24, 2.45) is 23.0 Å². The highest BCUT2D eigenvalue weighted by atomic mass is 19.1. The van der Waals surface area contributed by atoms with Gasteiger partial charge in [0.25, 0.3) is 0 Å². The maximum absolute atomic E-state index is 14.8. The molecule has 6 N–H and O–H groups in total. The van der Waals surface area contributed by atoms with Crippen LogP contribution in [0.5, 0.6) is 5.88 Å². The van der Waals surface area contributed by atoms with E-state index in [-0.39, 0.29) is 31.8 Å². The Bertz CT molecular complexity index is 1490. The highest BCUT2D eigenvalue weighted by molar-refractivity contribution is 5.83. The van der Waals surface area contributed by atoms with Gasteiger partial charge in [-0.15, -0.1) is 0 Å². The van der Waals surface area contributed by atoms with Crippen LogP contribution in [0, 0.1) is 23.1 Å². The number of amides is 2. The minimum atomic E-state index is -1.20. The second-order valence-corrected chi connectivity index (χ2v) is 13.9. The summed E-state index contributed by atoms with van der Waals surface area (Å²) in [4.78, 5) is 31.4. The van der Waals surface area contributed by atoms with E-state index in [1.807, 2.05) is 58.0 Å². The molecule has 1 aliphatic heterocycles. The van der Waals surface area contributed by atoms with Gasteiger partial charge in [-0.05, 0) is 53.5 Å². The molecular weight excluding hydrogens is 615 g/mol. The van der Waals surface area contributed by atoms with Gasteiger partial charge in [0.05, 0.1) is 50.7 Å². The zero-order valence-electron chi connectivity index (χ0n) is 28.4. The van der Waals surface area contributed by atoms with Crippen LogP contribution in [0.2, 0.25) is 0 Å². The normalized spacial score (nSPS) is 20.6. The molecule has 1 aliphatic rings. The number of rotatable bonds is 13. The van der Waals surface area contributed by atoms with Gasteiger partial charge >= 0.3 is 0 Å². The van der Waals surface area contributed by atoms with Gasteiger partial charge in [-0.2, -0.15) is 0 Å². The molecule has 0 saturated carbocycles. The molecular formula is C37H49FN4O6. The van der Waals surface area contributed by atoms with Crippen molar-refractivity contribution in [3.63, 3.8) is 0 Å². The predicted octanol–water partition coefficient (Wildman–Crippen LogP) is 3.42. The first-order valence-electron chi connectivity index (χ1n) is 16.4. The lowest BCUT2D eigenvalue weighted by Crippen LogP contribution is -2.56.